The van der Waals surface area contributed by atoms with Crippen molar-refractivity contribution < 1.29 is 4.39 Å². The number of hydrogen-bond donors (Lipinski definition) is 1. The highest BCUT2D eigenvalue weighted by molar-refractivity contribution is 7.17. The third-order valence-corrected chi connectivity index (χ3v) is 4.43. The highest BCUT2D eigenvalue weighted by Gasteiger charge is 2.10. The molecular formula is C16H16FN3S. The van der Waals surface area contributed by atoms with Crippen LogP contribution in [0.3, 0.4) is 0 Å². The Morgan fingerprint density at radius 1 is 1.24 bits per heavy atom. The molecule has 0 saturated carbocycles. The lowest BCUT2D eigenvalue weighted by Crippen LogP contribution is -2.17. The van der Waals surface area contributed by atoms with E-state index >= 15 is 0 Å². The van der Waals surface area contributed by atoms with Gasteiger partial charge in [-0.25, -0.2) is 9.37 Å². The maximum Gasteiger partial charge on any atom is 0.140 e. The first kappa shape index (κ1) is 14.0. The fourth-order valence-electron chi connectivity index (χ4n) is 2.39. The molecule has 2 aromatic heterocycles. The number of rotatable bonds is 4. The summed E-state index contributed by atoms with van der Waals surface area (Å²) in [6.45, 7) is 1.55. The van der Waals surface area contributed by atoms with Crippen molar-refractivity contribution in [2.24, 2.45) is 0 Å². The summed E-state index contributed by atoms with van der Waals surface area (Å²) in [6.07, 6.45) is 1.79. The largest absolute Gasteiger partial charge is 0.384 e. The molecule has 21 heavy (non-hydrogen) atoms. The number of benzene rings is 1. The van der Waals surface area contributed by atoms with E-state index in [4.69, 9.17) is 5.73 Å². The van der Waals surface area contributed by atoms with Crippen molar-refractivity contribution in [1.82, 2.24) is 9.88 Å². The second kappa shape index (κ2) is 5.79. The molecule has 3 aromatic rings. The van der Waals surface area contributed by atoms with Crippen molar-refractivity contribution in [3.8, 4) is 0 Å². The summed E-state index contributed by atoms with van der Waals surface area (Å²) >= 11 is 1.46. The molecular weight excluding hydrogens is 285 g/mol. The number of fused-ring (bicyclic) bond motifs is 1. The van der Waals surface area contributed by atoms with E-state index in [9.17, 15) is 4.39 Å². The summed E-state index contributed by atoms with van der Waals surface area (Å²) in [7, 11) is 2.04. The van der Waals surface area contributed by atoms with Gasteiger partial charge < -0.3 is 5.73 Å². The summed E-state index contributed by atoms with van der Waals surface area (Å²) in [5.41, 5.74) is 7.85. The highest BCUT2D eigenvalue weighted by atomic mass is 32.1. The first-order chi connectivity index (χ1) is 10.1. The third kappa shape index (κ3) is 3.04. The lowest BCUT2D eigenvalue weighted by molar-refractivity contribution is 0.320. The number of halogens is 1. The molecule has 0 radical (unpaired) electrons. The van der Waals surface area contributed by atoms with Gasteiger partial charge in [0, 0.05) is 19.3 Å². The summed E-state index contributed by atoms with van der Waals surface area (Å²) in [6, 6.07) is 9.02. The molecule has 1 aromatic carbocycles. The Labute approximate surface area is 126 Å². The van der Waals surface area contributed by atoms with Gasteiger partial charge in [0.2, 0.25) is 0 Å². The number of hydrogen-bond acceptors (Lipinski definition) is 4. The van der Waals surface area contributed by atoms with E-state index in [0.29, 0.717) is 5.82 Å². The molecule has 0 aliphatic carbocycles. The second-order valence-electron chi connectivity index (χ2n) is 5.14. The van der Waals surface area contributed by atoms with Crippen molar-refractivity contribution in [1.29, 1.82) is 0 Å². The van der Waals surface area contributed by atoms with Crippen molar-refractivity contribution in [3.05, 3.63) is 58.9 Å². The van der Waals surface area contributed by atoms with Crippen molar-refractivity contribution in [3.63, 3.8) is 0 Å². The number of nitrogen functional groups attached to an aromatic ring is 1. The minimum Gasteiger partial charge on any atom is -0.384 e. The Morgan fingerprint density at radius 3 is 2.86 bits per heavy atom. The average molecular weight is 301 g/mol. The zero-order valence-electron chi connectivity index (χ0n) is 11.7. The molecule has 0 saturated heterocycles. The van der Waals surface area contributed by atoms with Crippen LogP contribution in [0.1, 0.15) is 11.1 Å². The number of nitrogens with zero attached hydrogens (tertiary/aromatic N) is 2. The van der Waals surface area contributed by atoms with Crippen LogP contribution in [0.25, 0.3) is 10.1 Å². The van der Waals surface area contributed by atoms with Crippen molar-refractivity contribution in [2.75, 3.05) is 12.8 Å². The summed E-state index contributed by atoms with van der Waals surface area (Å²) in [5, 5.41) is 3.04. The number of pyridine rings is 1. The van der Waals surface area contributed by atoms with Crippen LogP contribution in [0.2, 0.25) is 0 Å². The fourth-order valence-corrected chi connectivity index (χ4v) is 3.35. The number of anilines is 1. The molecule has 0 bridgehead atoms. The van der Waals surface area contributed by atoms with Crippen molar-refractivity contribution >= 4 is 27.2 Å². The predicted molar refractivity (Wildman–Crippen MR) is 85.6 cm³/mol. The van der Waals surface area contributed by atoms with Gasteiger partial charge in [-0.3, -0.25) is 4.90 Å². The van der Waals surface area contributed by atoms with Crippen LogP contribution in [0.4, 0.5) is 10.2 Å². The fraction of sp³-hybridized carbons (Fsp3) is 0.188. The molecule has 0 amide bonds. The molecule has 0 fully saturated rings. The van der Waals surface area contributed by atoms with Crippen LogP contribution in [0, 0.1) is 5.82 Å². The van der Waals surface area contributed by atoms with Crippen LogP contribution in [-0.4, -0.2) is 16.9 Å². The quantitative estimate of drug-likeness (QED) is 0.800. The molecule has 2 N–H and O–H groups in total. The first-order valence-corrected chi connectivity index (χ1v) is 7.55. The molecule has 108 valence electrons. The molecule has 0 aliphatic rings. The van der Waals surface area contributed by atoms with E-state index in [2.05, 4.69) is 9.88 Å². The Bertz CT molecular complexity index is 752. The number of thiophene rings is 1. The Balaban J connectivity index is 1.75. The van der Waals surface area contributed by atoms with E-state index in [1.807, 2.05) is 24.6 Å². The van der Waals surface area contributed by atoms with Gasteiger partial charge in [-0.1, -0.05) is 18.2 Å². The van der Waals surface area contributed by atoms with E-state index in [1.54, 1.807) is 18.3 Å². The molecule has 3 nitrogen and oxygen atoms in total. The van der Waals surface area contributed by atoms with Crippen molar-refractivity contribution in [2.45, 2.75) is 13.1 Å². The van der Waals surface area contributed by atoms with E-state index in [1.165, 1.54) is 17.4 Å². The van der Waals surface area contributed by atoms with E-state index < -0.39 is 0 Å². The smallest absolute Gasteiger partial charge is 0.140 e. The topological polar surface area (TPSA) is 42.1 Å². The van der Waals surface area contributed by atoms with Crippen LogP contribution in [0.15, 0.2) is 41.9 Å². The zero-order valence-corrected chi connectivity index (χ0v) is 12.5. The SMILES string of the molecule is CN(Cc1ccc(N)nc1)Cc1csc2c(F)cccc12. The van der Waals surface area contributed by atoms with E-state index in [0.717, 1.165) is 34.3 Å². The van der Waals surface area contributed by atoms with Gasteiger partial charge in [0.15, 0.2) is 0 Å². The number of nitrogens with two attached hydrogens (primary N) is 1. The molecule has 0 spiro atoms. The maximum absolute atomic E-state index is 13.7. The monoisotopic (exact) mass is 301 g/mol. The summed E-state index contributed by atoms with van der Waals surface area (Å²) in [4.78, 5) is 6.27. The van der Waals surface area contributed by atoms with E-state index in [-0.39, 0.29) is 5.82 Å². The second-order valence-corrected chi connectivity index (χ2v) is 6.02. The Morgan fingerprint density at radius 2 is 2.10 bits per heavy atom. The highest BCUT2D eigenvalue weighted by Crippen LogP contribution is 2.29. The maximum atomic E-state index is 13.7. The Kier molecular flexibility index (Phi) is 3.86. The molecule has 0 unspecified atom stereocenters. The van der Waals surface area contributed by atoms with Gasteiger partial charge in [0.1, 0.15) is 11.6 Å². The minimum absolute atomic E-state index is 0.144. The zero-order chi connectivity index (χ0) is 14.8. The van der Waals surface area contributed by atoms with Gasteiger partial charge in [0.25, 0.3) is 0 Å². The van der Waals surface area contributed by atoms with Gasteiger partial charge >= 0.3 is 0 Å². The molecule has 0 aliphatic heterocycles. The van der Waals surface area contributed by atoms with Crippen LogP contribution >= 0.6 is 11.3 Å². The molecule has 3 rings (SSSR count). The van der Waals surface area contributed by atoms with Crippen LogP contribution in [0.5, 0.6) is 0 Å². The average Bonchev–Trinajstić information content (AvgIpc) is 2.86. The first-order valence-electron chi connectivity index (χ1n) is 6.67. The number of aromatic nitrogens is 1. The van der Waals surface area contributed by atoms with Crippen LogP contribution < -0.4 is 5.73 Å². The normalized spacial score (nSPS) is 11.4. The molecule has 0 atom stereocenters. The molecule has 2 heterocycles. The Hall–Kier alpha value is -1.98. The third-order valence-electron chi connectivity index (χ3n) is 3.37. The minimum atomic E-state index is -0.144. The van der Waals surface area contributed by atoms with Gasteiger partial charge in [-0.15, -0.1) is 11.3 Å². The van der Waals surface area contributed by atoms with Gasteiger partial charge in [-0.05, 0) is 41.1 Å². The summed E-state index contributed by atoms with van der Waals surface area (Å²) in [5.74, 6) is 0.384. The summed E-state index contributed by atoms with van der Waals surface area (Å²) < 4.78 is 14.4. The van der Waals surface area contributed by atoms with Gasteiger partial charge in [-0.2, -0.15) is 0 Å². The predicted octanol–water partition coefficient (Wildman–Crippen LogP) is 3.65. The molecule has 5 heteroatoms. The van der Waals surface area contributed by atoms with Crippen LogP contribution in [-0.2, 0) is 13.1 Å². The standard InChI is InChI=1S/C16H16FN3S/c1-20(8-11-5-6-15(18)19-7-11)9-12-10-21-16-13(12)3-2-4-14(16)17/h2-7,10H,8-9H2,1H3,(H2,18,19). The van der Waals surface area contributed by atoms with Gasteiger partial charge in [0.05, 0.1) is 4.70 Å². The lowest BCUT2D eigenvalue weighted by atomic mass is 10.1. The lowest BCUT2D eigenvalue weighted by Gasteiger charge is -2.16.